The minimum absolute atomic E-state index is 0.127. The molecule has 8 heteroatoms. The van der Waals surface area contributed by atoms with E-state index in [1.807, 2.05) is 0 Å². The van der Waals surface area contributed by atoms with Crippen LogP contribution in [0.5, 0.6) is 0 Å². The van der Waals surface area contributed by atoms with Gasteiger partial charge in [0.05, 0.1) is 31.3 Å². The largest absolute Gasteiger partial charge is 0.382 e. The van der Waals surface area contributed by atoms with Crippen molar-refractivity contribution >= 4 is 17.5 Å². The van der Waals surface area contributed by atoms with Crippen molar-refractivity contribution in [3.8, 4) is 5.69 Å². The number of halogens is 1. The summed E-state index contributed by atoms with van der Waals surface area (Å²) in [6.45, 7) is 1.22. The zero-order chi connectivity index (χ0) is 18.4. The summed E-state index contributed by atoms with van der Waals surface area (Å²) in [5.41, 5.74) is 1.06. The van der Waals surface area contributed by atoms with E-state index in [0.29, 0.717) is 18.9 Å². The Morgan fingerprint density at radius 3 is 2.81 bits per heavy atom. The van der Waals surface area contributed by atoms with E-state index in [-0.39, 0.29) is 23.2 Å². The molecule has 0 saturated heterocycles. The smallest absolute Gasteiger partial charge is 0.270 e. The molecular weight excluding hydrogens is 356 g/mol. The molecule has 1 fully saturated rings. The Morgan fingerprint density at radius 1 is 1.31 bits per heavy atom. The first kappa shape index (κ1) is 18.8. The second kappa shape index (κ2) is 9.12. The monoisotopic (exact) mass is 378 g/mol. The number of carbonyl (C=O) groups excluding carboxylic acids is 1. The number of carbonyl (C=O) groups is 1. The van der Waals surface area contributed by atoms with E-state index in [4.69, 9.17) is 21.1 Å². The molecule has 1 saturated carbocycles. The van der Waals surface area contributed by atoms with Crippen LogP contribution in [-0.2, 0) is 9.47 Å². The molecule has 2 heterocycles. The zero-order valence-corrected chi connectivity index (χ0v) is 15.5. The molecule has 2 aromatic heterocycles. The van der Waals surface area contributed by atoms with Gasteiger partial charge in [0.1, 0.15) is 10.8 Å². The summed E-state index contributed by atoms with van der Waals surface area (Å²) in [5.74, 6) is -0.211. The molecular formula is C18H23ClN4O3. The van der Waals surface area contributed by atoms with Crippen LogP contribution in [0.1, 0.15) is 36.2 Å². The summed E-state index contributed by atoms with van der Waals surface area (Å²) >= 11 is 6.08. The van der Waals surface area contributed by atoms with E-state index in [2.05, 4.69) is 15.3 Å². The molecule has 0 bridgehead atoms. The second-order valence-electron chi connectivity index (χ2n) is 6.31. The average molecular weight is 379 g/mol. The molecule has 1 amide bonds. The van der Waals surface area contributed by atoms with Crippen molar-refractivity contribution < 1.29 is 14.3 Å². The molecule has 0 unspecified atom stereocenters. The highest BCUT2D eigenvalue weighted by molar-refractivity contribution is 6.29. The van der Waals surface area contributed by atoms with Crippen LogP contribution >= 0.6 is 11.6 Å². The van der Waals surface area contributed by atoms with E-state index >= 15 is 0 Å². The molecule has 3 rings (SSSR count). The third-order valence-corrected chi connectivity index (χ3v) is 4.66. The summed E-state index contributed by atoms with van der Waals surface area (Å²) in [5, 5.41) is 3.33. The number of pyridine rings is 1. The Balaban J connectivity index is 1.56. The maximum atomic E-state index is 12.6. The molecule has 0 atom stereocenters. The number of hydrogen-bond acceptors (Lipinski definition) is 5. The Hall–Kier alpha value is -1.96. The van der Waals surface area contributed by atoms with Gasteiger partial charge in [-0.3, -0.25) is 4.79 Å². The number of nitrogens with zero attached hydrogens (tertiary/aromatic N) is 3. The maximum Gasteiger partial charge on any atom is 0.270 e. The van der Waals surface area contributed by atoms with Crippen molar-refractivity contribution in [2.45, 2.75) is 37.8 Å². The summed E-state index contributed by atoms with van der Waals surface area (Å²) in [6, 6.07) is 3.53. The van der Waals surface area contributed by atoms with Gasteiger partial charge >= 0.3 is 0 Å². The van der Waals surface area contributed by atoms with Gasteiger partial charge in [0, 0.05) is 25.5 Å². The van der Waals surface area contributed by atoms with Gasteiger partial charge in [-0.1, -0.05) is 11.6 Å². The molecule has 1 N–H and O–H groups in total. The lowest BCUT2D eigenvalue weighted by molar-refractivity contribution is -0.00409. The summed E-state index contributed by atoms with van der Waals surface area (Å²) < 4.78 is 12.5. The number of hydrogen-bond donors (Lipinski definition) is 1. The van der Waals surface area contributed by atoms with Crippen molar-refractivity contribution in [3.05, 3.63) is 41.7 Å². The molecule has 0 aliphatic heterocycles. The average Bonchev–Trinajstić information content (AvgIpc) is 3.18. The van der Waals surface area contributed by atoms with Crippen LogP contribution < -0.4 is 5.32 Å². The Kier molecular flexibility index (Phi) is 6.60. The number of amides is 1. The van der Waals surface area contributed by atoms with Gasteiger partial charge in [0.15, 0.2) is 0 Å². The highest BCUT2D eigenvalue weighted by Crippen LogP contribution is 2.22. The molecule has 0 spiro atoms. The normalized spacial score (nSPS) is 20.1. The summed E-state index contributed by atoms with van der Waals surface area (Å²) in [7, 11) is 1.66. The first-order chi connectivity index (χ1) is 12.7. The molecule has 0 radical (unpaired) electrons. The van der Waals surface area contributed by atoms with Crippen molar-refractivity contribution in [3.63, 3.8) is 0 Å². The lowest BCUT2D eigenvalue weighted by atomic mass is 9.93. The molecule has 2 aromatic rings. The molecule has 26 heavy (non-hydrogen) atoms. The van der Waals surface area contributed by atoms with E-state index in [1.54, 1.807) is 42.5 Å². The van der Waals surface area contributed by atoms with Crippen LogP contribution in [0.25, 0.3) is 5.69 Å². The zero-order valence-electron chi connectivity index (χ0n) is 14.7. The van der Waals surface area contributed by atoms with E-state index in [0.717, 1.165) is 31.4 Å². The van der Waals surface area contributed by atoms with Crippen molar-refractivity contribution in [1.29, 1.82) is 0 Å². The Bertz CT molecular complexity index is 715. The number of rotatable bonds is 7. The first-order valence-electron chi connectivity index (χ1n) is 8.73. The summed E-state index contributed by atoms with van der Waals surface area (Å²) in [6.07, 6.45) is 8.99. The van der Waals surface area contributed by atoms with Gasteiger partial charge in [0.2, 0.25) is 0 Å². The fourth-order valence-electron chi connectivity index (χ4n) is 3.09. The quantitative estimate of drug-likeness (QED) is 0.592. The SMILES string of the molecule is COCCO[C@H]1CC[C@H](NC(=O)c2cc(-n3ccnc3)cc(Cl)n2)CC1. The predicted molar refractivity (Wildman–Crippen MR) is 97.7 cm³/mol. The van der Waals surface area contributed by atoms with Crippen molar-refractivity contribution in [1.82, 2.24) is 19.9 Å². The number of methoxy groups -OCH3 is 1. The summed E-state index contributed by atoms with van der Waals surface area (Å²) in [4.78, 5) is 20.7. The van der Waals surface area contributed by atoms with E-state index in [1.165, 1.54) is 0 Å². The lowest BCUT2D eigenvalue weighted by Gasteiger charge is -2.29. The van der Waals surface area contributed by atoms with Crippen molar-refractivity contribution in [2.75, 3.05) is 20.3 Å². The van der Waals surface area contributed by atoms with Crippen LogP contribution in [0, 0.1) is 0 Å². The predicted octanol–water partition coefficient (Wildman–Crippen LogP) is 2.62. The Labute approximate surface area is 157 Å². The number of nitrogens with one attached hydrogen (secondary N) is 1. The van der Waals surface area contributed by atoms with Crippen LogP contribution in [0.4, 0.5) is 0 Å². The maximum absolute atomic E-state index is 12.6. The molecule has 1 aliphatic rings. The standard InChI is InChI=1S/C18H23ClN4O3/c1-25-8-9-26-15-4-2-13(3-5-15)21-18(24)16-10-14(11-17(19)22-16)23-7-6-20-12-23/h6-7,10-13,15H,2-5,8-9H2,1H3,(H,21,24)/t13-,15-. The Morgan fingerprint density at radius 2 is 2.12 bits per heavy atom. The van der Waals surface area contributed by atoms with E-state index in [9.17, 15) is 4.79 Å². The topological polar surface area (TPSA) is 78.3 Å². The highest BCUT2D eigenvalue weighted by Gasteiger charge is 2.24. The fourth-order valence-corrected chi connectivity index (χ4v) is 3.29. The van der Waals surface area contributed by atoms with Gasteiger partial charge in [-0.2, -0.15) is 0 Å². The molecule has 140 valence electrons. The van der Waals surface area contributed by atoms with Crippen LogP contribution in [-0.4, -0.2) is 52.9 Å². The van der Waals surface area contributed by atoms with Crippen LogP contribution in [0.15, 0.2) is 30.9 Å². The lowest BCUT2D eigenvalue weighted by Crippen LogP contribution is -2.39. The number of imidazole rings is 1. The fraction of sp³-hybridized carbons (Fsp3) is 0.500. The molecule has 1 aliphatic carbocycles. The van der Waals surface area contributed by atoms with Gasteiger partial charge < -0.3 is 19.4 Å². The minimum Gasteiger partial charge on any atom is -0.382 e. The van der Waals surface area contributed by atoms with Gasteiger partial charge in [-0.05, 0) is 37.8 Å². The second-order valence-corrected chi connectivity index (χ2v) is 6.70. The third-order valence-electron chi connectivity index (χ3n) is 4.46. The van der Waals surface area contributed by atoms with Gasteiger partial charge in [0.25, 0.3) is 5.91 Å². The van der Waals surface area contributed by atoms with Gasteiger partial charge in [-0.15, -0.1) is 0 Å². The first-order valence-corrected chi connectivity index (χ1v) is 9.11. The number of aromatic nitrogens is 3. The van der Waals surface area contributed by atoms with Crippen LogP contribution in [0.3, 0.4) is 0 Å². The highest BCUT2D eigenvalue weighted by atomic mass is 35.5. The van der Waals surface area contributed by atoms with Crippen molar-refractivity contribution in [2.24, 2.45) is 0 Å². The molecule has 0 aromatic carbocycles. The molecule has 7 nitrogen and oxygen atoms in total. The number of ether oxygens (including phenoxy) is 2. The van der Waals surface area contributed by atoms with Crippen LogP contribution in [0.2, 0.25) is 5.15 Å². The minimum atomic E-state index is -0.211. The van der Waals surface area contributed by atoms with Gasteiger partial charge in [-0.25, -0.2) is 9.97 Å². The van der Waals surface area contributed by atoms with E-state index < -0.39 is 0 Å². The third kappa shape index (κ3) is 5.03.